The number of rotatable bonds is 4. The third-order valence-corrected chi connectivity index (χ3v) is 3.64. The van der Waals surface area contributed by atoms with E-state index in [2.05, 4.69) is 38.1 Å². The number of aryl methyl sites for hydroxylation is 1. The Bertz CT molecular complexity index is 363. The molecule has 1 saturated heterocycles. The number of alkyl halides is 1. The predicted octanol–water partition coefficient (Wildman–Crippen LogP) is 3.47. The van der Waals surface area contributed by atoms with Gasteiger partial charge in [0.15, 0.2) is 5.79 Å². The van der Waals surface area contributed by atoms with Crippen molar-refractivity contribution in [2.75, 3.05) is 12.5 Å². The van der Waals surface area contributed by atoms with E-state index in [1.54, 1.807) is 0 Å². The Labute approximate surface area is 108 Å². The van der Waals surface area contributed by atoms with Gasteiger partial charge < -0.3 is 9.47 Å². The van der Waals surface area contributed by atoms with Gasteiger partial charge in [0.2, 0.25) is 0 Å². The van der Waals surface area contributed by atoms with Crippen LogP contribution in [0.15, 0.2) is 24.3 Å². The Morgan fingerprint density at radius 1 is 1.29 bits per heavy atom. The number of hydrogen-bond acceptors (Lipinski definition) is 2. The van der Waals surface area contributed by atoms with E-state index in [1.165, 1.54) is 5.56 Å². The second-order valence-corrected chi connectivity index (χ2v) is 4.67. The van der Waals surface area contributed by atoms with Crippen LogP contribution in [-0.2, 0) is 21.7 Å². The van der Waals surface area contributed by atoms with Crippen molar-refractivity contribution in [3.05, 3.63) is 35.4 Å². The maximum atomic E-state index is 5.95. The second kappa shape index (κ2) is 5.38. The van der Waals surface area contributed by atoms with Crippen LogP contribution in [0.1, 0.15) is 31.4 Å². The summed E-state index contributed by atoms with van der Waals surface area (Å²) < 4.78 is 11.8. The van der Waals surface area contributed by atoms with E-state index in [1.807, 2.05) is 0 Å². The van der Waals surface area contributed by atoms with Crippen LogP contribution in [0.3, 0.4) is 0 Å². The first-order valence-corrected chi connectivity index (χ1v) is 6.74. The molecule has 1 aliphatic heterocycles. The van der Waals surface area contributed by atoms with Crippen molar-refractivity contribution < 1.29 is 9.47 Å². The number of benzene rings is 1. The Balaban J connectivity index is 2.22. The first-order valence-electron chi connectivity index (χ1n) is 6.21. The van der Waals surface area contributed by atoms with Gasteiger partial charge >= 0.3 is 0 Å². The number of halogens is 1. The van der Waals surface area contributed by atoms with Crippen LogP contribution in [0.4, 0.5) is 0 Å². The highest BCUT2D eigenvalue weighted by molar-refractivity contribution is 6.18. The lowest BCUT2D eigenvalue weighted by atomic mass is 10.0. The monoisotopic (exact) mass is 254 g/mol. The largest absolute Gasteiger partial charge is 0.343 e. The van der Waals surface area contributed by atoms with Crippen LogP contribution < -0.4 is 0 Å². The first kappa shape index (κ1) is 12.9. The Hall–Kier alpha value is -0.570. The molecule has 0 spiro atoms. The molecular weight excluding hydrogens is 236 g/mol. The minimum Gasteiger partial charge on any atom is -0.343 e. The lowest BCUT2D eigenvalue weighted by Gasteiger charge is -2.27. The van der Waals surface area contributed by atoms with Crippen LogP contribution in [-0.4, -0.2) is 18.6 Å². The van der Waals surface area contributed by atoms with Crippen molar-refractivity contribution in [2.24, 2.45) is 0 Å². The fourth-order valence-corrected chi connectivity index (χ4v) is 2.33. The van der Waals surface area contributed by atoms with Crippen LogP contribution >= 0.6 is 11.6 Å². The molecule has 0 bridgehead atoms. The third kappa shape index (κ3) is 2.49. The minimum atomic E-state index is -0.591. The highest BCUT2D eigenvalue weighted by Gasteiger charge is 2.41. The summed E-state index contributed by atoms with van der Waals surface area (Å²) in [6.45, 7) is 4.80. The van der Waals surface area contributed by atoms with Crippen molar-refractivity contribution in [1.82, 2.24) is 0 Å². The maximum Gasteiger partial charge on any atom is 0.195 e. The zero-order valence-corrected chi connectivity index (χ0v) is 11.2. The average Bonchev–Trinajstić information content (AvgIpc) is 2.84. The Morgan fingerprint density at radius 2 is 2.00 bits per heavy atom. The summed E-state index contributed by atoms with van der Waals surface area (Å²) in [5.41, 5.74) is 2.41. The predicted molar refractivity (Wildman–Crippen MR) is 69.3 cm³/mol. The standard InChI is InChI=1S/C14H19ClO2/c1-3-11-5-7-12(8-6-11)14(4-2)16-10-13(9-15)17-14/h5-8,13H,3-4,9-10H2,1-2H3. The SMILES string of the molecule is CCc1ccc(C2(CC)OCC(CCl)O2)cc1. The van der Waals surface area contributed by atoms with Gasteiger partial charge in [-0.2, -0.15) is 0 Å². The summed E-state index contributed by atoms with van der Waals surface area (Å²) in [5.74, 6) is -0.110. The minimum absolute atomic E-state index is 0.00229. The zero-order chi connectivity index (χ0) is 12.3. The van der Waals surface area contributed by atoms with E-state index in [0.717, 1.165) is 18.4 Å². The molecule has 17 heavy (non-hydrogen) atoms. The van der Waals surface area contributed by atoms with E-state index in [4.69, 9.17) is 21.1 Å². The molecular formula is C14H19ClO2. The molecule has 0 saturated carbocycles. The topological polar surface area (TPSA) is 18.5 Å². The van der Waals surface area contributed by atoms with Gasteiger partial charge in [-0.05, 0) is 12.0 Å². The molecule has 0 aromatic heterocycles. The van der Waals surface area contributed by atoms with Crippen molar-refractivity contribution in [3.8, 4) is 0 Å². The third-order valence-electron chi connectivity index (χ3n) is 3.30. The Kier molecular flexibility index (Phi) is 4.08. The lowest BCUT2D eigenvalue weighted by Crippen LogP contribution is -2.27. The van der Waals surface area contributed by atoms with E-state index < -0.39 is 5.79 Å². The van der Waals surface area contributed by atoms with Gasteiger partial charge in [-0.15, -0.1) is 11.6 Å². The van der Waals surface area contributed by atoms with Crippen LogP contribution in [0, 0.1) is 0 Å². The smallest absolute Gasteiger partial charge is 0.195 e. The van der Waals surface area contributed by atoms with Gasteiger partial charge in [-0.1, -0.05) is 38.1 Å². The average molecular weight is 255 g/mol. The first-order chi connectivity index (χ1) is 8.24. The Morgan fingerprint density at radius 3 is 2.47 bits per heavy atom. The van der Waals surface area contributed by atoms with E-state index in [9.17, 15) is 0 Å². The maximum absolute atomic E-state index is 5.95. The summed E-state index contributed by atoms with van der Waals surface area (Å²) in [6, 6.07) is 8.46. The molecule has 1 aliphatic rings. The fraction of sp³-hybridized carbons (Fsp3) is 0.571. The molecule has 0 aliphatic carbocycles. The normalized spacial score (nSPS) is 28.5. The van der Waals surface area contributed by atoms with E-state index in [0.29, 0.717) is 12.5 Å². The van der Waals surface area contributed by atoms with Crippen molar-refractivity contribution in [1.29, 1.82) is 0 Å². The molecule has 2 unspecified atom stereocenters. The summed E-state index contributed by atoms with van der Waals surface area (Å²) in [7, 11) is 0. The van der Waals surface area contributed by atoms with Gasteiger partial charge in [-0.3, -0.25) is 0 Å². The molecule has 3 heteroatoms. The molecule has 1 fully saturated rings. The van der Waals surface area contributed by atoms with Crippen LogP contribution in [0.5, 0.6) is 0 Å². The number of ether oxygens (including phenoxy) is 2. The molecule has 0 radical (unpaired) electrons. The zero-order valence-electron chi connectivity index (χ0n) is 10.4. The van der Waals surface area contributed by atoms with Crippen molar-refractivity contribution in [3.63, 3.8) is 0 Å². The highest BCUT2D eigenvalue weighted by Crippen LogP contribution is 2.37. The molecule has 94 valence electrons. The van der Waals surface area contributed by atoms with Crippen LogP contribution in [0.2, 0.25) is 0 Å². The lowest BCUT2D eigenvalue weighted by molar-refractivity contribution is -0.176. The molecule has 1 aromatic carbocycles. The second-order valence-electron chi connectivity index (χ2n) is 4.36. The molecule has 2 rings (SSSR count). The van der Waals surface area contributed by atoms with Crippen molar-refractivity contribution in [2.45, 2.75) is 38.6 Å². The van der Waals surface area contributed by atoms with Gasteiger partial charge in [-0.25, -0.2) is 0 Å². The van der Waals surface area contributed by atoms with Crippen LogP contribution in [0.25, 0.3) is 0 Å². The molecule has 0 N–H and O–H groups in total. The summed E-state index contributed by atoms with van der Waals surface area (Å²) in [4.78, 5) is 0. The van der Waals surface area contributed by atoms with Gasteiger partial charge in [0.25, 0.3) is 0 Å². The highest BCUT2D eigenvalue weighted by atomic mass is 35.5. The molecule has 2 nitrogen and oxygen atoms in total. The molecule has 1 heterocycles. The summed E-state index contributed by atoms with van der Waals surface area (Å²) >= 11 is 5.82. The summed E-state index contributed by atoms with van der Waals surface area (Å²) in [5, 5.41) is 0. The number of hydrogen-bond donors (Lipinski definition) is 0. The van der Waals surface area contributed by atoms with E-state index in [-0.39, 0.29) is 6.10 Å². The van der Waals surface area contributed by atoms with Crippen molar-refractivity contribution >= 4 is 11.6 Å². The van der Waals surface area contributed by atoms with Gasteiger partial charge in [0.1, 0.15) is 0 Å². The molecule has 2 atom stereocenters. The summed E-state index contributed by atoms with van der Waals surface area (Å²) in [6.07, 6.45) is 1.85. The fourth-order valence-electron chi connectivity index (χ4n) is 2.18. The quantitative estimate of drug-likeness (QED) is 0.766. The van der Waals surface area contributed by atoms with Gasteiger partial charge in [0, 0.05) is 12.0 Å². The molecule has 1 aromatic rings. The van der Waals surface area contributed by atoms with Gasteiger partial charge in [0.05, 0.1) is 18.6 Å². The molecule has 0 amide bonds. The van der Waals surface area contributed by atoms with E-state index >= 15 is 0 Å².